The maximum Gasteiger partial charge on any atom is 0.196 e. The molecular weight excluding hydrogens is 431 g/mol. The van der Waals surface area contributed by atoms with E-state index in [1.165, 1.54) is 17.4 Å². The molecule has 0 radical (unpaired) electrons. The summed E-state index contributed by atoms with van der Waals surface area (Å²) in [7, 11) is 0. The molecule has 3 aromatic carbocycles. The molecule has 2 aromatic heterocycles. The van der Waals surface area contributed by atoms with Gasteiger partial charge in [0, 0.05) is 5.38 Å². The van der Waals surface area contributed by atoms with Crippen LogP contribution in [-0.4, -0.2) is 9.38 Å². The highest BCUT2D eigenvalue weighted by molar-refractivity contribution is 7.15. The topological polar surface area (TPSA) is 55.3 Å². The molecule has 0 atom stereocenters. The van der Waals surface area contributed by atoms with Crippen LogP contribution in [0.15, 0.2) is 72.1 Å². The number of hydrogen-bond donors (Lipinski definition) is 2. The highest BCUT2D eigenvalue weighted by Gasteiger charge is 2.24. The van der Waals surface area contributed by atoms with E-state index in [0.29, 0.717) is 22.2 Å². The molecule has 31 heavy (non-hydrogen) atoms. The second-order valence-corrected chi connectivity index (χ2v) is 8.42. The minimum Gasteiger partial charge on any atom is -0.397 e. The van der Waals surface area contributed by atoms with Crippen LogP contribution in [0.1, 0.15) is 5.56 Å². The van der Waals surface area contributed by atoms with E-state index in [1.54, 1.807) is 12.1 Å². The van der Waals surface area contributed by atoms with E-state index in [0.717, 1.165) is 27.5 Å². The fourth-order valence-electron chi connectivity index (χ4n) is 3.66. The third-order valence-corrected chi connectivity index (χ3v) is 6.32. The van der Waals surface area contributed by atoms with Crippen molar-refractivity contribution < 1.29 is 4.39 Å². The van der Waals surface area contributed by atoms with Gasteiger partial charge in [-0.15, -0.1) is 11.3 Å². The maximum atomic E-state index is 14.9. The standard InChI is InChI=1S/C24H18ClFN4S/c1-14-7-5-12-18(27)21(14)28-23-22(20-16(25)10-6-11-17(20)26)29-24-30(23)19(13-31-24)15-8-3-2-4-9-15/h2-13,28H,27H2,1H3. The lowest BCUT2D eigenvalue weighted by Gasteiger charge is -2.15. The molecule has 0 spiro atoms. The van der Waals surface area contributed by atoms with E-state index >= 15 is 0 Å². The molecule has 0 fully saturated rings. The molecule has 0 aliphatic carbocycles. The molecule has 0 saturated heterocycles. The van der Waals surface area contributed by atoms with E-state index in [1.807, 2.05) is 65.2 Å². The smallest absolute Gasteiger partial charge is 0.196 e. The number of rotatable bonds is 4. The van der Waals surface area contributed by atoms with Gasteiger partial charge in [0.05, 0.1) is 27.7 Å². The second-order valence-electron chi connectivity index (χ2n) is 7.17. The number of thiazole rings is 1. The number of nitrogens with zero attached hydrogens (tertiary/aromatic N) is 2. The van der Waals surface area contributed by atoms with Gasteiger partial charge < -0.3 is 11.1 Å². The molecular formula is C24H18ClFN4S. The largest absolute Gasteiger partial charge is 0.397 e. The lowest BCUT2D eigenvalue weighted by atomic mass is 10.1. The summed E-state index contributed by atoms with van der Waals surface area (Å²) in [6.45, 7) is 1.97. The van der Waals surface area contributed by atoms with Crippen LogP contribution in [0.2, 0.25) is 5.02 Å². The van der Waals surface area contributed by atoms with Gasteiger partial charge in [0.2, 0.25) is 0 Å². The quantitative estimate of drug-likeness (QED) is 0.287. The van der Waals surface area contributed by atoms with Gasteiger partial charge in [0.15, 0.2) is 4.96 Å². The summed E-state index contributed by atoms with van der Waals surface area (Å²) in [6.07, 6.45) is 0. The number of fused-ring (bicyclic) bond motifs is 1. The monoisotopic (exact) mass is 448 g/mol. The SMILES string of the molecule is Cc1cccc(N)c1Nc1c(-c2c(F)cccc2Cl)nc2scc(-c3ccccc3)n12. The Morgan fingerprint density at radius 1 is 1.03 bits per heavy atom. The second kappa shape index (κ2) is 7.72. The molecule has 7 heteroatoms. The van der Waals surface area contributed by atoms with Crippen molar-refractivity contribution in [3.63, 3.8) is 0 Å². The summed E-state index contributed by atoms with van der Waals surface area (Å²) in [6, 6.07) is 20.3. The van der Waals surface area contributed by atoms with Gasteiger partial charge in [-0.3, -0.25) is 4.40 Å². The number of aryl methyl sites for hydroxylation is 1. The fraction of sp³-hybridized carbons (Fsp3) is 0.0417. The zero-order valence-corrected chi connectivity index (χ0v) is 18.1. The van der Waals surface area contributed by atoms with Crippen LogP contribution in [0.5, 0.6) is 0 Å². The van der Waals surface area contributed by atoms with E-state index in [2.05, 4.69) is 5.32 Å². The van der Waals surface area contributed by atoms with E-state index in [9.17, 15) is 4.39 Å². The minimum atomic E-state index is -0.430. The van der Waals surface area contributed by atoms with Gasteiger partial charge in [0.1, 0.15) is 17.3 Å². The molecule has 0 amide bonds. The van der Waals surface area contributed by atoms with Crippen molar-refractivity contribution in [2.24, 2.45) is 0 Å². The third kappa shape index (κ3) is 3.34. The Balaban J connectivity index is 1.82. The number of nitrogens with two attached hydrogens (primary N) is 1. The predicted molar refractivity (Wildman–Crippen MR) is 128 cm³/mol. The molecule has 0 saturated carbocycles. The highest BCUT2D eigenvalue weighted by Crippen LogP contribution is 2.41. The zero-order chi connectivity index (χ0) is 21.5. The number of aromatic nitrogens is 2. The maximum absolute atomic E-state index is 14.9. The Morgan fingerprint density at radius 3 is 2.55 bits per heavy atom. The first-order valence-electron chi connectivity index (χ1n) is 9.66. The average Bonchev–Trinajstić information content (AvgIpc) is 3.31. The summed E-state index contributed by atoms with van der Waals surface area (Å²) < 4.78 is 16.9. The normalized spacial score (nSPS) is 11.2. The number of anilines is 3. The van der Waals surface area contributed by atoms with Crippen LogP contribution in [0.4, 0.5) is 21.6 Å². The van der Waals surface area contributed by atoms with Crippen LogP contribution in [0, 0.1) is 12.7 Å². The van der Waals surface area contributed by atoms with Crippen molar-refractivity contribution >= 4 is 45.1 Å². The van der Waals surface area contributed by atoms with E-state index in [-0.39, 0.29) is 5.56 Å². The first-order valence-corrected chi connectivity index (χ1v) is 10.9. The van der Waals surface area contributed by atoms with Gasteiger partial charge >= 0.3 is 0 Å². The summed E-state index contributed by atoms with van der Waals surface area (Å²) in [5, 5.41) is 5.78. The first-order chi connectivity index (χ1) is 15.0. The van der Waals surface area contributed by atoms with Crippen molar-refractivity contribution in [1.29, 1.82) is 0 Å². The number of hydrogen-bond acceptors (Lipinski definition) is 4. The fourth-order valence-corrected chi connectivity index (χ4v) is 4.81. The van der Waals surface area contributed by atoms with Crippen molar-refractivity contribution in [3.05, 3.63) is 88.5 Å². The Hall–Kier alpha value is -3.35. The number of benzene rings is 3. The predicted octanol–water partition coefficient (Wildman–Crippen LogP) is 7.16. The van der Waals surface area contributed by atoms with Gasteiger partial charge in [-0.1, -0.05) is 60.1 Å². The zero-order valence-electron chi connectivity index (χ0n) is 16.6. The molecule has 154 valence electrons. The lowest BCUT2D eigenvalue weighted by Crippen LogP contribution is -2.03. The molecule has 3 N–H and O–H groups in total. The number of para-hydroxylation sites is 1. The number of nitrogens with one attached hydrogen (secondary N) is 1. The number of imidazole rings is 1. The summed E-state index contributed by atoms with van der Waals surface area (Å²) in [5.74, 6) is 0.184. The Labute approximate surface area is 187 Å². The molecule has 0 aliphatic heterocycles. The molecule has 5 aromatic rings. The molecule has 2 heterocycles. The van der Waals surface area contributed by atoms with Gasteiger partial charge in [0.25, 0.3) is 0 Å². The van der Waals surface area contributed by atoms with E-state index < -0.39 is 5.82 Å². The van der Waals surface area contributed by atoms with Crippen molar-refractivity contribution in [2.45, 2.75) is 6.92 Å². The molecule has 0 bridgehead atoms. The van der Waals surface area contributed by atoms with Gasteiger partial charge in [-0.25, -0.2) is 9.37 Å². The van der Waals surface area contributed by atoms with E-state index in [4.69, 9.17) is 22.3 Å². The van der Waals surface area contributed by atoms with Crippen LogP contribution in [0.3, 0.4) is 0 Å². The van der Waals surface area contributed by atoms with Crippen LogP contribution in [0.25, 0.3) is 27.5 Å². The molecule has 4 nitrogen and oxygen atoms in total. The van der Waals surface area contributed by atoms with Crippen molar-refractivity contribution in [3.8, 4) is 22.5 Å². The number of nitrogen functional groups attached to an aromatic ring is 1. The van der Waals surface area contributed by atoms with Crippen LogP contribution < -0.4 is 11.1 Å². The summed E-state index contributed by atoms with van der Waals surface area (Å²) >= 11 is 7.90. The number of halogens is 2. The molecule has 0 aliphatic rings. The van der Waals surface area contributed by atoms with Gasteiger partial charge in [-0.05, 0) is 36.2 Å². The van der Waals surface area contributed by atoms with Gasteiger partial charge in [-0.2, -0.15) is 0 Å². The Morgan fingerprint density at radius 2 is 1.81 bits per heavy atom. The first kappa shape index (κ1) is 19.6. The summed E-state index contributed by atoms with van der Waals surface area (Å²) in [4.78, 5) is 5.48. The highest BCUT2D eigenvalue weighted by atomic mass is 35.5. The molecule has 0 unspecified atom stereocenters. The van der Waals surface area contributed by atoms with Crippen LogP contribution >= 0.6 is 22.9 Å². The molecule has 5 rings (SSSR count). The van der Waals surface area contributed by atoms with Crippen molar-refractivity contribution in [1.82, 2.24) is 9.38 Å². The lowest BCUT2D eigenvalue weighted by molar-refractivity contribution is 0.631. The third-order valence-electron chi connectivity index (χ3n) is 5.18. The Kier molecular flexibility index (Phi) is 4.88. The Bertz CT molecular complexity index is 1370. The van der Waals surface area contributed by atoms with Crippen molar-refractivity contribution in [2.75, 3.05) is 11.1 Å². The average molecular weight is 449 g/mol. The summed E-state index contributed by atoms with van der Waals surface area (Å²) in [5.41, 5.74) is 11.3. The van der Waals surface area contributed by atoms with Crippen LogP contribution in [-0.2, 0) is 0 Å². The minimum absolute atomic E-state index is 0.258.